The topological polar surface area (TPSA) is 98.3 Å². The van der Waals surface area contributed by atoms with Gasteiger partial charge in [0.2, 0.25) is 10.0 Å². The zero-order valence-electron chi connectivity index (χ0n) is 13.5. The molecule has 0 spiro atoms. The summed E-state index contributed by atoms with van der Waals surface area (Å²) >= 11 is 1.80. The van der Waals surface area contributed by atoms with Crippen LogP contribution < -0.4 is 5.56 Å². The van der Waals surface area contributed by atoms with Gasteiger partial charge in [-0.1, -0.05) is 5.16 Å². The van der Waals surface area contributed by atoms with Crippen molar-refractivity contribution in [1.29, 1.82) is 0 Å². The van der Waals surface area contributed by atoms with Crippen LogP contribution in [-0.2, 0) is 28.7 Å². The van der Waals surface area contributed by atoms with E-state index in [2.05, 4.69) is 14.8 Å². The van der Waals surface area contributed by atoms with Crippen LogP contribution in [0.25, 0.3) is 0 Å². The van der Waals surface area contributed by atoms with Gasteiger partial charge in [-0.3, -0.25) is 4.79 Å². The molecular weight excluding hydrogens is 364 g/mol. The smallest absolute Gasteiger partial charge is 0.267 e. The Morgan fingerprint density at radius 2 is 2.28 bits per heavy atom. The standard InChI is InChI=1S/C15H18N4O4S2/c20-15-6-11-10-24-5-3-14(11)17-18(15)8-12-2-1-4-19(12)25(21,22)13-7-16-23-9-13/h6-7,9,12H,1-5,8,10H2. The van der Waals surface area contributed by atoms with Gasteiger partial charge in [0.05, 0.1) is 18.4 Å². The Kier molecular flexibility index (Phi) is 4.42. The number of aryl methyl sites for hydroxylation is 1. The van der Waals surface area contributed by atoms with Crippen molar-refractivity contribution in [3.05, 3.63) is 40.1 Å². The molecule has 0 N–H and O–H groups in total. The van der Waals surface area contributed by atoms with Crippen molar-refractivity contribution in [2.24, 2.45) is 0 Å². The van der Waals surface area contributed by atoms with Crippen molar-refractivity contribution in [3.63, 3.8) is 0 Å². The minimum Gasteiger partial charge on any atom is -0.363 e. The summed E-state index contributed by atoms with van der Waals surface area (Å²) in [7, 11) is -3.66. The lowest BCUT2D eigenvalue weighted by Crippen LogP contribution is -2.40. The van der Waals surface area contributed by atoms with Gasteiger partial charge in [0.25, 0.3) is 5.56 Å². The molecule has 2 aromatic heterocycles. The van der Waals surface area contributed by atoms with Crippen molar-refractivity contribution in [2.75, 3.05) is 12.3 Å². The summed E-state index contributed by atoms with van der Waals surface area (Å²) in [6.07, 6.45) is 4.63. The lowest BCUT2D eigenvalue weighted by atomic mass is 10.2. The summed E-state index contributed by atoms with van der Waals surface area (Å²) in [5.41, 5.74) is 1.78. The number of sulfonamides is 1. The molecule has 0 aromatic carbocycles. The van der Waals surface area contributed by atoms with Gasteiger partial charge in [0, 0.05) is 30.8 Å². The molecule has 0 saturated carbocycles. The molecule has 1 unspecified atom stereocenters. The minimum absolute atomic E-state index is 0.0437. The summed E-state index contributed by atoms with van der Waals surface area (Å²) in [4.78, 5) is 12.4. The van der Waals surface area contributed by atoms with E-state index in [-0.39, 0.29) is 23.0 Å². The normalized spacial score (nSPS) is 21.4. The third kappa shape index (κ3) is 3.13. The molecule has 2 aromatic rings. The van der Waals surface area contributed by atoms with E-state index in [4.69, 9.17) is 0 Å². The summed E-state index contributed by atoms with van der Waals surface area (Å²) < 4.78 is 33.0. The number of fused-ring (bicyclic) bond motifs is 1. The van der Waals surface area contributed by atoms with Crippen molar-refractivity contribution >= 4 is 21.8 Å². The molecule has 0 amide bonds. The maximum Gasteiger partial charge on any atom is 0.267 e. The van der Waals surface area contributed by atoms with E-state index < -0.39 is 10.0 Å². The molecule has 0 radical (unpaired) electrons. The van der Waals surface area contributed by atoms with Crippen LogP contribution >= 0.6 is 11.8 Å². The maximum atomic E-state index is 12.7. The number of aromatic nitrogens is 3. The van der Waals surface area contributed by atoms with Gasteiger partial charge >= 0.3 is 0 Å². The van der Waals surface area contributed by atoms with Crippen LogP contribution in [-0.4, -0.2) is 46.0 Å². The molecule has 0 bridgehead atoms. The Morgan fingerprint density at radius 1 is 1.40 bits per heavy atom. The second kappa shape index (κ2) is 6.58. The fourth-order valence-electron chi connectivity index (χ4n) is 3.35. The molecule has 1 atom stereocenters. The van der Waals surface area contributed by atoms with Crippen LogP contribution in [0.4, 0.5) is 0 Å². The van der Waals surface area contributed by atoms with E-state index in [0.717, 1.165) is 41.9 Å². The van der Waals surface area contributed by atoms with Gasteiger partial charge in [0.15, 0.2) is 0 Å². The van der Waals surface area contributed by atoms with Crippen LogP contribution in [0.5, 0.6) is 0 Å². The third-order valence-electron chi connectivity index (χ3n) is 4.63. The largest absolute Gasteiger partial charge is 0.363 e. The summed E-state index contributed by atoms with van der Waals surface area (Å²) in [5.74, 6) is 1.81. The lowest BCUT2D eigenvalue weighted by Gasteiger charge is -2.24. The van der Waals surface area contributed by atoms with Crippen LogP contribution in [0.15, 0.2) is 32.7 Å². The molecule has 4 rings (SSSR count). The van der Waals surface area contributed by atoms with E-state index in [0.29, 0.717) is 13.0 Å². The molecule has 2 aliphatic heterocycles. The molecule has 1 fully saturated rings. The average molecular weight is 382 g/mol. The van der Waals surface area contributed by atoms with Crippen molar-refractivity contribution in [3.8, 4) is 0 Å². The second-order valence-electron chi connectivity index (χ2n) is 6.21. The average Bonchev–Trinajstić information content (AvgIpc) is 3.27. The predicted octanol–water partition coefficient (Wildman–Crippen LogP) is 0.874. The summed E-state index contributed by atoms with van der Waals surface area (Å²) in [5, 5.41) is 7.97. The predicted molar refractivity (Wildman–Crippen MR) is 91.8 cm³/mol. The number of hydrogen-bond acceptors (Lipinski definition) is 7. The molecule has 25 heavy (non-hydrogen) atoms. The monoisotopic (exact) mass is 382 g/mol. The van der Waals surface area contributed by atoms with Gasteiger partial charge in [-0.2, -0.15) is 21.2 Å². The molecule has 2 aliphatic rings. The van der Waals surface area contributed by atoms with Gasteiger partial charge in [0.1, 0.15) is 11.2 Å². The summed E-state index contributed by atoms with van der Waals surface area (Å²) in [6.45, 7) is 0.693. The molecule has 8 nitrogen and oxygen atoms in total. The molecular formula is C15H18N4O4S2. The van der Waals surface area contributed by atoms with Crippen molar-refractivity contribution in [1.82, 2.24) is 19.2 Å². The summed E-state index contributed by atoms with van der Waals surface area (Å²) in [6, 6.07) is 1.35. The van der Waals surface area contributed by atoms with Crippen LogP contribution in [0.3, 0.4) is 0 Å². The van der Waals surface area contributed by atoms with Crippen molar-refractivity contribution in [2.45, 2.75) is 42.5 Å². The molecule has 134 valence electrons. The zero-order valence-corrected chi connectivity index (χ0v) is 15.1. The highest BCUT2D eigenvalue weighted by atomic mass is 32.2. The van der Waals surface area contributed by atoms with E-state index in [1.807, 2.05) is 0 Å². The molecule has 1 saturated heterocycles. The zero-order chi connectivity index (χ0) is 17.4. The van der Waals surface area contributed by atoms with Gasteiger partial charge in [-0.15, -0.1) is 0 Å². The van der Waals surface area contributed by atoms with Gasteiger partial charge < -0.3 is 4.52 Å². The minimum atomic E-state index is -3.66. The Balaban J connectivity index is 1.61. The first-order valence-electron chi connectivity index (χ1n) is 8.14. The van der Waals surface area contributed by atoms with Crippen molar-refractivity contribution < 1.29 is 12.9 Å². The molecule has 0 aliphatic carbocycles. The highest BCUT2D eigenvalue weighted by Gasteiger charge is 2.36. The van der Waals surface area contributed by atoms with E-state index in [1.54, 1.807) is 17.8 Å². The first-order valence-corrected chi connectivity index (χ1v) is 10.7. The van der Waals surface area contributed by atoms with Crippen LogP contribution in [0.2, 0.25) is 0 Å². The van der Waals surface area contributed by atoms with Crippen LogP contribution in [0.1, 0.15) is 24.1 Å². The SMILES string of the molecule is O=c1cc2c(nn1CC1CCCN1S(=O)(=O)c1cnoc1)CCSC2. The number of nitrogens with zero attached hydrogens (tertiary/aromatic N) is 4. The molecule has 10 heteroatoms. The Labute approximate surface area is 149 Å². The lowest BCUT2D eigenvalue weighted by molar-refractivity contribution is 0.333. The fraction of sp³-hybridized carbons (Fsp3) is 0.533. The van der Waals surface area contributed by atoms with E-state index in [1.165, 1.54) is 15.2 Å². The number of thioether (sulfide) groups is 1. The van der Waals surface area contributed by atoms with E-state index >= 15 is 0 Å². The molecule has 4 heterocycles. The fourth-order valence-corrected chi connectivity index (χ4v) is 5.85. The highest BCUT2D eigenvalue weighted by molar-refractivity contribution is 7.98. The van der Waals surface area contributed by atoms with Gasteiger partial charge in [-0.05, 0) is 24.2 Å². The second-order valence-corrected chi connectivity index (χ2v) is 9.21. The Hall–Kier alpha value is -1.65. The third-order valence-corrected chi connectivity index (χ3v) is 7.53. The first-order chi connectivity index (χ1) is 12.1. The Bertz CT molecular complexity index is 924. The van der Waals surface area contributed by atoms with E-state index in [9.17, 15) is 13.2 Å². The maximum absolute atomic E-state index is 12.7. The first kappa shape index (κ1) is 16.8. The number of hydrogen-bond donors (Lipinski definition) is 0. The van der Waals surface area contributed by atoms with Crippen LogP contribution in [0, 0.1) is 0 Å². The quantitative estimate of drug-likeness (QED) is 0.774. The van der Waals surface area contributed by atoms with Gasteiger partial charge in [-0.25, -0.2) is 13.1 Å². The Morgan fingerprint density at radius 3 is 3.08 bits per heavy atom. The number of rotatable bonds is 4. The highest BCUT2D eigenvalue weighted by Crippen LogP contribution is 2.27.